The van der Waals surface area contributed by atoms with E-state index in [4.69, 9.17) is 11.6 Å². The lowest BCUT2D eigenvalue weighted by Crippen LogP contribution is -2.43. The molecule has 2 amide bonds. The van der Waals surface area contributed by atoms with E-state index in [0.29, 0.717) is 4.88 Å². The lowest BCUT2D eigenvalue weighted by Gasteiger charge is -2.08. The first-order valence-corrected chi connectivity index (χ1v) is 7.48. The minimum absolute atomic E-state index is 0.124. The Morgan fingerprint density at radius 1 is 1.17 bits per heavy atom. The molecule has 0 saturated carbocycles. The van der Waals surface area contributed by atoms with Crippen LogP contribution < -0.4 is 10.9 Å². The third kappa shape index (κ3) is 4.51. The van der Waals surface area contributed by atoms with E-state index in [9.17, 15) is 18.8 Å². The van der Waals surface area contributed by atoms with Gasteiger partial charge in [0.05, 0.1) is 9.90 Å². The Balaban J connectivity index is 1.82. The van der Waals surface area contributed by atoms with Gasteiger partial charge < -0.3 is 4.74 Å². The second-order valence-electron chi connectivity index (χ2n) is 4.15. The average Bonchev–Trinajstić information content (AvgIpc) is 3.05. The summed E-state index contributed by atoms with van der Waals surface area (Å²) in [6, 6.07) is 6.96. The van der Waals surface area contributed by atoms with Crippen molar-refractivity contribution in [3.63, 3.8) is 0 Å². The Labute approximate surface area is 139 Å². The van der Waals surface area contributed by atoms with E-state index in [-0.39, 0.29) is 5.02 Å². The second kappa shape index (κ2) is 7.70. The van der Waals surface area contributed by atoms with Crippen molar-refractivity contribution in [1.82, 2.24) is 10.9 Å². The maximum atomic E-state index is 13.5. The Bertz CT molecular complexity index is 716. The molecule has 1 aromatic carbocycles. The van der Waals surface area contributed by atoms with Gasteiger partial charge in [-0.3, -0.25) is 20.4 Å². The van der Waals surface area contributed by atoms with Crippen LogP contribution in [-0.2, 0) is 9.53 Å². The van der Waals surface area contributed by atoms with Crippen LogP contribution in [0.3, 0.4) is 0 Å². The van der Waals surface area contributed by atoms with Gasteiger partial charge in [0.2, 0.25) is 0 Å². The highest BCUT2D eigenvalue weighted by molar-refractivity contribution is 7.12. The SMILES string of the molecule is O=C(COC(=O)c1c(F)cccc1Cl)NNC(=O)c1cccs1. The molecule has 9 heteroatoms. The third-order valence-corrected chi connectivity index (χ3v) is 3.75. The van der Waals surface area contributed by atoms with E-state index >= 15 is 0 Å². The standard InChI is InChI=1S/C14H10ClFN2O4S/c15-8-3-1-4-9(16)12(8)14(21)22-7-11(19)17-18-13(20)10-5-2-6-23-10/h1-6H,7H2,(H,17,19)(H,18,20). The number of hydrogen-bond acceptors (Lipinski definition) is 5. The number of ether oxygens (including phenoxy) is 1. The van der Waals surface area contributed by atoms with Crippen LogP contribution in [0.5, 0.6) is 0 Å². The Kier molecular flexibility index (Phi) is 5.67. The maximum Gasteiger partial charge on any atom is 0.343 e. The molecule has 0 atom stereocenters. The van der Waals surface area contributed by atoms with Crippen LogP contribution in [0.15, 0.2) is 35.7 Å². The Morgan fingerprint density at radius 2 is 1.96 bits per heavy atom. The van der Waals surface area contributed by atoms with Gasteiger partial charge >= 0.3 is 5.97 Å². The van der Waals surface area contributed by atoms with Crippen molar-refractivity contribution in [2.45, 2.75) is 0 Å². The van der Waals surface area contributed by atoms with Gasteiger partial charge in [0.25, 0.3) is 11.8 Å². The van der Waals surface area contributed by atoms with Crippen LogP contribution >= 0.6 is 22.9 Å². The lowest BCUT2D eigenvalue weighted by atomic mass is 10.2. The number of nitrogens with one attached hydrogen (secondary N) is 2. The van der Waals surface area contributed by atoms with Crippen LogP contribution in [-0.4, -0.2) is 24.4 Å². The van der Waals surface area contributed by atoms with Crippen LogP contribution in [0.1, 0.15) is 20.0 Å². The summed E-state index contributed by atoms with van der Waals surface area (Å²) in [4.78, 5) is 35.2. The van der Waals surface area contributed by atoms with Gasteiger partial charge in [0.1, 0.15) is 11.4 Å². The van der Waals surface area contributed by atoms with Crippen molar-refractivity contribution in [2.75, 3.05) is 6.61 Å². The summed E-state index contributed by atoms with van der Waals surface area (Å²) in [6.07, 6.45) is 0. The van der Waals surface area contributed by atoms with Crippen molar-refractivity contribution >= 4 is 40.7 Å². The number of hydrogen-bond donors (Lipinski definition) is 2. The molecule has 0 aliphatic rings. The maximum absolute atomic E-state index is 13.5. The molecule has 1 heterocycles. The zero-order chi connectivity index (χ0) is 16.8. The van der Waals surface area contributed by atoms with Gasteiger partial charge in [0.15, 0.2) is 6.61 Å². The molecule has 0 unspecified atom stereocenters. The summed E-state index contributed by atoms with van der Waals surface area (Å²) in [7, 11) is 0. The molecular weight excluding hydrogens is 347 g/mol. The predicted molar refractivity (Wildman–Crippen MR) is 81.6 cm³/mol. The Hall–Kier alpha value is -2.45. The molecule has 0 spiro atoms. The fraction of sp³-hybridized carbons (Fsp3) is 0.0714. The van der Waals surface area contributed by atoms with Crippen molar-refractivity contribution in [1.29, 1.82) is 0 Å². The minimum atomic E-state index is -1.08. The molecule has 0 aliphatic heterocycles. The highest BCUT2D eigenvalue weighted by atomic mass is 35.5. The third-order valence-electron chi connectivity index (χ3n) is 2.56. The monoisotopic (exact) mass is 356 g/mol. The van der Waals surface area contributed by atoms with Crippen molar-refractivity contribution < 1.29 is 23.5 Å². The molecule has 23 heavy (non-hydrogen) atoms. The fourth-order valence-electron chi connectivity index (χ4n) is 1.53. The molecule has 0 saturated heterocycles. The van der Waals surface area contributed by atoms with Gasteiger partial charge in [-0.25, -0.2) is 9.18 Å². The molecule has 6 nitrogen and oxygen atoms in total. The lowest BCUT2D eigenvalue weighted by molar-refractivity contribution is -0.125. The normalized spacial score (nSPS) is 10.0. The predicted octanol–water partition coefficient (Wildman–Crippen LogP) is 2.16. The van der Waals surface area contributed by atoms with E-state index in [2.05, 4.69) is 15.6 Å². The van der Waals surface area contributed by atoms with Crippen LogP contribution in [0.2, 0.25) is 5.02 Å². The first-order valence-electron chi connectivity index (χ1n) is 6.23. The number of benzene rings is 1. The van der Waals surface area contributed by atoms with Gasteiger partial charge in [-0.1, -0.05) is 23.7 Å². The molecular formula is C14H10ClFN2O4S. The van der Waals surface area contributed by atoms with Crippen LogP contribution in [0.25, 0.3) is 0 Å². The molecule has 0 fully saturated rings. The van der Waals surface area contributed by atoms with Crippen molar-refractivity contribution in [2.24, 2.45) is 0 Å². The summed E-state index contributed by atoms with van der Waals surface area (Å²) in [6.45, 7) is -0.700. The fourth-order valence-corrected chi connectivity index (χ4v) is 2.39. The van der Waals surface area contributed by atoms with Crippen molar-refractivity contribution in [3.8, 4) is 0 Å². The van der Waals surface area contributed by atoms with Gasteiger partial charge in [-0.15, -0.1) is 11.3 Å². The highest BCUT2D eigenvalue weighted by Gasteiger charge is 2.18. The molecule has 2 aromatic rings. The number of rotatable bonds is 4. The number of carbonyl (C=O) groups is 3. The number of esters is 1. The van der Waals surface area contributed by atoms with Crippen molar-refractivity contribution in [3.05, 3.63) is 57.0 Å². The zero-order valence-electron chi connectivity index (χ0n) is 11.5. The van der Waals surface area contributed by atoms with E-state index in [1.54, 1.807) is 17.5 Å². The number of hydrazine groups is 1. The summed E-state index contributed by atoms with van der Waals surface area (Å²) >= 11 is 6.90. The van der Waals surface area contributed by atoms with Gasteiger partial charge in [-0.2, -0.15) is 0 Å². The summed E-state index contributed by atoms with van der Waals surface area (Å²) < 4.78 is 18.1. The quantitative estimate of drug-likeness (QED) is 0.649. The van der Waals surface area contributed by atoms with E-state index in [1.807, 2.05) is 0 Å². The first-order chi connectivity index (χ1) is 11.0. The smallest absolute Gasteiger partial charge is 0.343 e. The molecule has 2 rings (SSSR count). The first kappa shape index (κ1) is 16.9. The van der Waals surface area contributed by atoms with Crippen LogP contribution in [0.4, 0.5) is 4.39 Å². The Morgan fingerprint density at radius 3 is 2.61 bits per heavy atom. The van der Waals surface area contributed by atoms with Crippen LogP contribution in [0, 0.1) is 5.82 Å². The second-order valence-corrected chi connectivity index (χ2v) is 5.51. The topological polar surface area (TPSA) is 84.5 Å². The molecule has 120 valence electrons. The largest absolute Gasteiger partial charge is 0.452 e. The number of amides is 2. The summed E-state index contributed by atoms with van der Waals surface area (Å²) in [5.74, 6) is -3.21. The van der Waals surface area contributed by atoms with E-state index < -0.39 is 35.8 Å². The number of thiophene rings is 1. The van der Waals surface area contributed by atoms with E-state index in [1.165, 1.54) is 23.5 Å². The van der Waals surface area contributed by atoms with E-state index in [0.717, 1.165) is 6.07 Å². The number of halogens is 2. The minimum Gasteiger partial charge on any atom is -0.452 e. The summed E-state index contributed by atoms with van der Waals surface area (Å²) in [5, 5.41) is 1.58. The average molecular weight is 357 g/mol. The van der Waals surface area contributed by atoms with Gasteiger partial charge in [0, 0.05) is 0 Å². The van der Waals surface area contributed by atoms with Gasteiger partial charge in [-0.05, 0) is 23.6 Å². The molecule has 1 aromatic heterocycles. The molecule has 0 bridgehead atoms. The number of carbonyl (C=O) groups excluding carboxylic acids is 3. The molecule has 0 aliphatic carbocycles. The summed E-state index contributed by atoms with van der Waals surface area (Å²) in [5.41, 5.74) is 3.77. The molecule has 2 N–H and O–H groups in total. The highest BCUT2D eigenvalue weighted by Crippen LogP contribution is 2.19. The molecule has 0 radical (unpaired) electrons. The zero-order valence-corrected chi connectivity index (χ0v) is 13.0.